The Hall–Kier alpha value is -3.12. The number of anilines is 1. The lowest BCUT2D eigenvalue weighted by atomic mass is 10.2. The van der Waals surface area contributed by atoms with Crippen LogP contribution in [0.1, 0.15) is 5.56 Å². The van der Waals surface area contributed by atoms with E-state index >= 15 is 0 Å². The van der Waals surface area contributed by atoms with Crippen LogP contribution in [0, 0.1) is 0 Å². The summed E-state index contributed by atoms with van der Waals surface area (Å²) in [5, 5.41) is 14.5. The number of nitrogens with one attached hydrogen (secondary N) is 2. The van der Waals surface area contributed by atoms with Gasteiger partial charge in [-0.1, -0.05) is 36.4 Å². The number of hydrogen-bond acceptors (Lipinski definition) is 4. The summed E-state index contributed by atoms with van der Waals surface area (Å²) in [6, 6.07) is 15.0. The molecule has 1 atom stereocenters. The standard InChI is InChI=1S/C19H20N2O4/c1-25-16-9-5-8-15(12-16)20-19(24)17(13-22)21-18(23)11-10-14-6-3-2-4-7-14/h2-12,17,22H,13H2,1H3,(H,20,24)(H,21,23). The van der Waals surface area contributed by atoms with Gasteiger partial charge in [-0.05, 0) is 23.8 Å². The Kier molecular flexibility index (Phi) is 6.74. The third-order valence-electron chi connectivity index (χ3n) is 3.38. The predicted molar refractivity (Wildman–Crippen MR) is 96.1 cm³/mol. The molecule has 0 saturated heterocycles. The predicted octanol–water partition coefficient (Wildman–Crippen LogP) is 1.82. The highest BCUT2D eigenvalue weighted by Gasteiger charge is 2.19. The van der Waals surface area contributed by atoms with Crippen molar-refractivity contribution in [1.82, 2.24) is 5.32 Å². The van der Waals surface area contributed by atoms with Gasteiger partial charge in [0, 0.05) is 17.8 Å². The van der Waals surface area contributed by atoms with Crippen LogP contribution in [0.4, 0.5) is 5.69 Å². The second kappa shape index (κ2) is 9.24. The number of methoxy groups -OCH3 is 1. The number of benzene rings is 2. The maximum absolute atomic E-state index is 12.2. The van der Waals surface area contributed by atoms with Crippen molar-refractivity contribution >= 4 is 23.6 Å². The highest BCUT2D eigenvalue weighted by molar-refractivity contribution is 6.00. The molecule has 6 heteroatoms. The Morgan fingerprint density at radius 1 is 1.16 bits per heavy atom. The average Bonchev–Trinajstić information content (AvgIpc) is 2.65. The van der Waals surface area contributed by atoms with Crippen molar-refractivity contribution in [2.24, 2.45) is 0 Å². The normalized spacial score (nSPS) is 11.8. The van der Waals surface area contributed by atoms with Gasteiger partial charge in [-0.3, -0.25) is 9.59 Å². The van der Waals surface area contributed by atoms with Crippen LogP contribution >= 0.6 is 0 Å². The first-order chi connectivity index (χ1) is 12.1. The van der Waals surface area contributed by atoms with Gasteiger partial charge in [-0.15, -0.1) is 0 Å². The molecule has 2 rings (SSSR count). The average molecular weight is 340 g/mol. The first-order valence-electron chi connectivity index (χ1n) is 7.72. The Bertz CT molecular complexity index is 744. The topological polar surface area (TPSA) is 87.7 Å². The number of ether oxygens (including phenoxy) is 1. The summed E-state index contributed by atoms with van der Waals surface area (Å²) in [4.78, 5) is 24.1. The van der Waals surface area contributed by atoms with Gasteiger partial charge in [0.15, 0.2) is 0 Å². The monoisotopic (exact) mass is 340 g/mol. The molecule has 130 valence electrons. The van der Waals surface area contributed by atoms with Crippen LogP contribution in [0.5, 0.6) is 5.75 Å². The molecule has 0 bridgehead atoms. The molecule has 2 amide bonds. The number of carbonyl (C=O) groups excluding carboxylic acids is 2. The van der Waals surface area contributed by atoms with E-state index < -0.39 is 24.5 Å². The zero-order valence-corrected chi connectivity index (χ0v) is 13.8. The van der Waals surface area contributed by atoms with Crippen LogP contribution in [-0.2, 0) is 9.59 Å². The molecule has 0 aliphatic rings. The highest BCUT2D eigenvalue weighted by atomic mass is 16.5. The van der Waals surface area contributed by atoms with Crippen LogP contribution in [0.3, 0.4) is 0 Å². The molecule has 2 aromatic carbocycles. The van der Waals surface area contributed by atoms with Gasteiger partial charge >= 0.3 is 0 Å². The van der Waals surface area contributed by atoms with Crippen LogP contribution < -0.4 is 15.4 Å². The molecule has 6 nitrogen and oxygen atoms in total. The Balaban J connectivity index is 1.95. The maximum atomic E-state index is 12.2. The zero-order valence-electron chi connectivity index (χ0n) is 13.8. The second-order valence-corrected chi connectivity index (χ2v) is 5.21. The molecular formula is C19H20N2O4. The van der Waals surface area contributed by atoms with Crippen molar-refractivity contribution in [2.75, 3.05) is 19.0 Å². The molecule has 3 N–H and O–H groups in total. The lowest BCUT2D eigenvalue weighted by Crippen LogP contribution is -2.45. The summed E-state index contributed by atoms with van der Waals surface area (Å²) >= 11 is 0. The summed E-state index contributed by atoms with van der Waals surface area (Å²) in [7, 11) is 1.52. The molecule has 1 unspecified atom stereocenters. The first kappa shape index (κ1) is 18.2. The minimum atomic E-state index is -1.06. The van der Waals surface area contributed by atoms with Crippen LogP contribution in [0.25, 0.3) is 6.08 Å². The van der Waals surface area contributed by atoms with E-state index in [1.54, 1.807) is 30.3 Å². The summed E-state index contributed by atoms with van der Waals surface area (Å²) in [5.41, 5.74) is 1.37. The minimum Gasteiger partial charge on any atom is -0.497 e. The molecule has 0 heterocycles. The van der Waals surface area contributed by atoms with E-state index in [9.17, 15) is 14.7 Å². The quantitative estimate of drug-likeness (QED) is 0.671. The first-order valence-corrected chi connectivity index (χ1v) is 7.72. The van der Waals surface area contributed by atoms with Crippen LogP contribution in [0.15, 0.2) is 60.7 Å². The second-order valence-electron chi connectivity index (χ2n) is 5.21. The van der Waals surface area contributed by atoms with Gasteiger partial charge in [-0.25, -0.2) is 0 Å². The zero-order chi connectivity index (χ0) is 18.1. The van der Waals surface area contributed by atoms with Crippen molar-refractivity contribution in [2.45, 2.75) is 6.04 Å². The maximum Gasteiger partial charge on any atom is 0.249 e. The van der Waals surface area contributed by atoms with Crippen molar-refractivity contribution in [3.8, 4) is 5.75 Å². The van der Waals surface area contributed by atoms with E-state index in [0.717, 1.165) is 5.56 Å². The number of rotatable bonds is 7. The van der Waals surface area contributed by atoms with Crippen molar-refractivity contribution in [1.29, 1.82) is 0 Å². The number of aliphatic hydroxyl groups is 1. The fraction of sp³-hybridized carbons (Fsp3) is 0.158. The molecular weight excluding hydrogens is 320 g/mol. The van der Waals surface area contributed by atoms with Gasteiger partial charge in [0.05, 0.1) is 13.7 Å². The molecule has 0 radical (unpaired) electrons. The van der Waals surface area contributed by atoms with E-state index in [1.807, 2.05) is 30.3 Å². The van der Waals surface area contributed by atoms with E-state index in [-0.39, 0.29) is 0 Å². The molecule has 0 aliphatic carbocycles. The van der Waals surface area contributed by atoms with E-state index in [1.165, 1.54) is 13.2 Å². The lowest BCUT2D eigenvalue weighted by Gasteiger charge is -2.15. The summed E-state index contributed by atoms with van der Waals surface area (Å²) in [6.07, 6.45) is 2.94. The molecule has 0 spiro atoms. The Morgan fingerprint density at radius 2 is 1.92 bits per heavy atom. The van der Waals surface area contributed by atoms with Gasteiger partial charge in [0.1, 0.15) is 11.8 Å². The molecule has 0 fully saturated rings. The van der Waals surface area contributed by atoms with E-state index in [4.69, 9.17) is 4.74 Å². The third kappa shape index (κ3) is 5.78. The Labute approximate surface area is 146 Å². The fourth-order valence-corrected chi connectivity index (χ4v) is 2.08. The van der Waals surface area contributed by atoms with Crippen molar-refractivity contribution in [3.05, 3.63) is 66.2 Å². The Morgan fingerprint density at radius 3 is 2.60 bits per heavy atom. The number of amides is 2. The van der Waals surface area contributed by atoms with Gasteiger partial charge < -0.3 is 20.5 Å². The van der Waals surface area contributed by atoms with Gasteiger partial charge in [0.2, 0.25) is 11.8 Å². The molecule has 0 saturated carbocycles. The van der Waals surface area contributed by atoms with Gasteiger partial charge in [0.25, 0.3) is 0 Å². The molecule has 0 aromatic heterocycles. The summed E-state index contributed by atoms with van der Waals surface area (Å²) < 4.78 is 5.08. The fourth-order valence-electron chi connectivity index (χ4n) is 2.08. The van der Waals surface area contributed by atoms with Crippen molar-refractivity contribution < 1.29 is 19.4 Å². The molecule has 0 aliphatic heterocycles. The van der Waals surface area contributed by atoms with Crippen molar-refractivity contribution in [3.63, 3.8) is 0 Å². The molecule has 25 heavy (non-hydrogen) atoms. The third-order valence-corrected chi connectivity index (χ3v) is 3.38. The number of aliphatic hydroxyl groups excluding tert-OH is 1. The lowest BCUT2D eigenvalue weighted by molar-refractivity contribution is -0.124. The van der Waals surface area contributed by atoms with Gasteiger partial charge in [-0.2, -0.15) is 0 Å². The minimum absolute atomic E-state index is 0.469. The highest BCUT2D eigenvalue weighted by Crippen LogP contribution is 2.16. The van der Waals surface area contributed by atoms with E-state index in [2.05, 4.69) is 10.6 Å². The smallest absolute Gasteiger partial charge is 0.249 e. The number of carbonyl (C=O) groups is 2. The number of hydrogen-bond donors (Lipinski definition) is 3. The largest absolute Gasteiger partial charge is 0.497 e. The molecule has 2 aromatic rings. The summed E-state index contributed by atoms with van der Waals surface area (Å²) in [5.74, 6) is -0.394. The van der Waals surface area contributed by atoms with E-state index in [0.29, 0.717) is 11.4 Å². The summed E-state index contributed by atoms with van der Waals surface area (Å²) in [6.45, 7) is -0.513. The van der Waals surface area contributed by atoms with Crippen LogP contribution in [0.2, 0.25) is 0 Å². The SMILES string of the molecule is COc1cccc(NC(=O)C(CO)NC(=O)C=Cc2ccccc2)c1. The van der Waals surface area contributed by atoms with Crippen LogP contribution in [-0.4, -0.2) is 36.7 Å².